The quantitative estimate of drug-likeness (QED) is 0.541. The second kappa shape index (κ2) is 3.27. The Kier molecular flexibility index (Phi) is 2.04. The highest BCUT2D eigenvalue weighted by Gasteiger charge is 2.64. The van der Waals surface area contributed by atoms with Gasteiger partial charge in [0.25, 0.3) is 0 Å². The molecular weight excluding hydrogens is 192 g/mol. The number of hydrogen-bond acceptors (Lipinski definition) is 0. The summed E-state index contributed by atoms with van der Waals surface area (Å²) in [5.74, 6) is 2.34. The van der Waals surface area contributed by atoms with E-state index in [1.54, 1.807) is 77.0 Å². The van der Waals surface area contributed by atoms with Crippen molar-refractivity contribution in [3.8, 4) is 0 Å². The van der Waals surface area contributed by atoms with Crippen LogP contribution in [0.25, 0.3) is 0 Å². The SMILES string of the molecule is C1CC2CC3(CCCC3)C3(CCCC3)C2C1. The fourth-order valence-electron chi connectivity index (χ4n) is 6.77. The predicted octanol–water partition coefficient (Wildman–Crippen LogP) is 4.93. The average Bonchev–Trinajstić information content (AvgIpc) is 2.98. The number of hydrogen-bond donors (Lipinski definition) is 0. The van der Waals surface area contributed by atoms with Crippen molar-refractivity contribution in [3.63, 3.8) is 0 Å². The van der Waals surface area contributed by atoms with E-state index in [0.29, 0.717) is 0 Å². The van der Waals surface area contributed by atoms with Gasteiger partial charge in [-0.05, 0) is 61.2 Å². The van der Waals surface area contributed by atoms with Crippen molar-refractivity contribution in [2.75, 3.05) is 0 Å². The molecule has 0 heteroatoms. The van der Waals surface area contributed by atoms with Gasteiger partial charge >= 0.3 is 0 Å². The molecule has 4 aliphatic rings. The second-order valence-corrected chi connectivity index (χ2v) is 7.35. The highest BCUT2D eigenvalue weighted by atomic mass is 14.7. The van der Waals surface area contributed by atoms with E-state index >= 15 is 0 Å². The summed E-state index contributed by atoms with van der Waals surface area (Å²) in [4.78, 5) is 0. The largest absolute Gasteiger partial charge is 0.0527 e. The minimum atomic E-state index is 0.860. The van der Waals surface area contributed by atoms with E-state index in [0.717, 1.165) is 16.7 Å². The van der Waals surface area contributed by atoms with Crippen LogP contribution < -0.4 is 0 Å². The zero-order valence-electron chi connectivity index (χ0n) is 10.6. The fourth-order valence-corrected chi connectivity index (χ4v) is 6.77. The first-order valence-corrected chi connectivity index (χ1v) is 7.86. The molecule has 0 N–H and O–H groups in total. The Morgan fingerprint density at radius 2 is 1.38 bits per heavy atom. The van der Waals surface area contributed by atoms with Gasteiger partial charge in [-0.1, -0.05) is 38.5 Å². The summed E-state index contributed by atoms with van der Waals surface area (Å²) in [5, 5.41) is 0. The van der Waals surface area contributed by atoms with Crippen molar-refractivity contribution in [1.82, 2.24) is 0 Å². The second-order valence-electron chi connectivity index (χ2n) is 7.35. The van der Waals surface area contributed by atoms with Gasteiger partial charge in [0.2, 0.25) is 0 Å². The lowest BCUT2D eigenvalue weighted by atomic mass is 9.60. The zero-order valence-corrected chi connectivity index (χ0v) is 10.6. The molecule has 90 valence electrons. The molecule has 16 heavy (non-hydrogen) atoms. The summed E-state index contributed by atoms with van der Waals surface area (Å²) in [6.07, 6.45) is 19.1. The molecule has 0 aromatic rings. The van der Waals surface area contributed by atoms with Gasteiger partial charge in [-0.15, -0.1) is 0 Å². The Morgan fingerprint density at radius 1 is 0.688 bits per heavy atom. The fraction of sp³-hybridized carbons (Fsp3) is 1.00. The van der Waals surface area contributed by atoms with Gasteiger partial charge in [0, 0.05) is 0 Å². The predicted molar refractivity (Wildman–Crippen MR) is 67.3 cm³/mol. The topological polar surface area (TPSA) is 0 Å². The molecule has 0 nitrogen and oxygen atoms in total. The summed E-state index contributed by atoms with van der Waals surface area (Å²) >= 11 is 0. The molecule has 0 bridgehead atoms. The first kappa shape index (κ1) is 9.97. The van der Waals surface area contributed by atoms with Crippen LogP contribution in [0.4, 0.5) is 0 Å². The molecule has 0 radical (unpaired) electrons. The first-order chi connectivity index (χ1) is 7.86. The van der Waals surface area contributed by atoms with Crippen molar-refractivity contribution >= 4 is 0 Å². The third-order valence-electron chi connectivity index (χ3n) is 7.13. The minimum absolute atomic E-state index is 0.860. The molecule has 0 saturated heterocycles. The Bertz CT molecular complexity index is 278. The van der Waals surface area contributed by atoms with E-state index in [1.807, 2.05) is 0 Å². The number of fused-ring (bicyclic) bond motifs is 3. The van der Waals surface area contributed by atoms with Crippen LogP contribution in [0.3, 0.4) is 0 Å². The highest BCUT2D eigenvalue weighted by Crippen LogP contribution is 2.73. The van der Waals surface area contributed by atoms with E-state index in [9.17, 15) is 0 Å². The summed E-state index contributed by atoms with van der Waals surface area (Å²) in [7, 11) is 0. The monoisotopic (exact) mass is 218 g/mol. The first-order valence-electron chi connectivity index (χ1n) is 7.86. The molecule has 2 spiro atoms. The molecule has 0 aromatic heterocycles. The van der Waals surface area contributed by atoms with Gasteiger partial charge in [0.15, 0.2) is 0 Å². The van der Waals surface area contributed by atoms with E-state index in [1.165, 1.54) is 5.92 Å². The van der Waals surface area contributed by atoms with Crippen LogP contribution in [0.1, 0.15) is 77.0 Å². The van der Waals surface area contributed by atoms with E-state index in [-0.39, 0.29) is 0 Å². The summed E-state index contributed by atoms with van der Waals surface area (Å²) in [6.45, 7) is 0. The van der Waals surface area contributed by atoms with Crippen molar-refractivity contribution in [3.05, 3.63) is 0 Å². The molecule has 4 saturated carbocycles. The maximum absolute atomic E-state index is 1.65. The van der Waals surface area contributed by atoms with Crippen molar-refractivity contribution in [2.45, 2.75) is 77.0 Å². The molecule has 2 atom stereocenters. The molecule has 4 fully saturated rings. The van der Waals surface area contributed by atoms with E-state index < -0.39 is 0 Å². The summed E-state index contributed by atoms with van der Waals surface area (Å²) in [5.41, 5.74) is 1.73. The molecule has 4 aliphatic carbocycles. The maximum Gasteiger partial charge on any atom is -0.0210 e. The lowest BCUT2D eigenvalue weighted by Gasteiger charge is -2.45. The van der Waals surface area contributed by atoms with Gasteiger partial charge in [0.1, 0.15) is 0 Å². The molecule has 0 amide bonds. The van der Waals surface area contributed by atoms with Gasteiger partial charge < -0.3 is 0 Å². The zero-order chi connectivity index (χ0) is 10.6. The van der Waals surface area contributed by atoms with Crippen LogP contribution in [-0.2, 0) is 0 Å². The molecule has 0 aromatic carbocycles. The Hall–Kier alpha value is 0. The Labute approximate surface area is 100 Å². The van der Waals surface area contributed by atoms with Crippen LogP contribution in [0, 0.1) is 22.7 Å². The normalized spacial score (nSPS) is 43.5. The highest BCUT2D eigenvalue weighted by molar-refractivity contribution is 5.14. The van der Waals surface area contributed by atoms with Crippen LogP contribution >= 0.6 is 0 Å². The Balaban J connectivity index is 1.77. The molecule has 4 rings (SSSR count). The third kappa shape index (κ3) is 1.03. The average molecular weight is 218 g/mol. The molecule has 2 unspecified atom stereocenters. The van der Waals surface area contributed by atoms with E-state index in [4.69, 9.17) is 0 Å². The standard InChI is InChI=1S/C16H26/c1-2-9-15(8-1)12-13-6-5-7-14(13)16(15)10-3-4-11-16/h13-14H,1-12H2. The minimum Gasteiger partial charge on any atom is -0.0527 e. The lowest BCUT2D eigenvalue weighted by Crippen LogP contribution is -2.37. The van der Waals surface area contributed by atoms with Gasteiger partial charge in [0.05, 0.1) is 0 Å². The summed E-state index contributed by atoms with van der Waals surface area (Å²) < 4.78 is 0. The number of rotatable bonds is 0. The van der Waals surface area contributed by atoms with Crippen molar-refractivity contribution in [1.29, 1.82) is 0 Å². The van der Waals surface area contributed by atoms with Gasteiger partial charge in [-0.3, -0.25) is 0 Å². The van der Waals surface area contributed by atoms with E-state index in [2.05, 4.69) is 0 Å². The van der Waals surface area contributed by atoms with Crippen molar-refractivity contribution < 1.29 is 0 Å². The van der Waals surface area contributed by atoms with Crippen LogP contribution in [0.5, 0.6) is 0 Å². The van der Waals surface area contributed by atoms with Crippen molar-refractivity contribution in [2.24, 2.45) is 22.7 Å². The molecule has 0 aliphatic heterocycles. The van der Waals surface area contributed by atoms with Crippen LogP contribution in [0.2, 0.25) is 0 Å². The Morgan fingerprint density at radius 3 is 2.12 bits per heavy atom. The van der Waals surface area contributed by atoms with Crippen LogP contribution in [0.15, 0.2) is 0 Å². The third-order valence-corrected chi connectivity index (χ3v) is 7.13. The summed E-state index contributed by atoms with van der Waals surface area (Å²) in [6, 6.07) is 0. The molecular formula is C16H26. The van der Waals surface area contributed by atoms with Gasteiger partial charge in [-0.25, -0.2) is 0 Å². The van der Waals surface area contributed by atoms with Crippen LogP contribution in [-0.4, -0.2) is 0 Å². The molecule has 0 heterocycles. The maximum atomic E-state index is 1.65. The smallest absolute Gasteiger partial charge is 0.0210 e. The van der Waals surface area contributed by atoms with Gasteiger partial charge in [-0.2, -0.15) is 0 Å². The lowest BCUT2D eigenvalue weighted by molar-refractivity contribution is 0.0401.